The second kappa shape index (κ2) is 9.72. The summed E-state index contributed by atoms with van der Waals surface area (Å²) in [4.78, 5) is 11.7. The van der Waals surface area contributed by atoms with Gasteiger partial charge in [-0.05, 0) is 36.4 Å². The highest BCUT2D eigenvalue weighted by atomic mass is 19.3. The van der Waals surface area contributed by atoms with Crippen LogP contribution in [0.5, 0.6) is 17.2 Å². The highest BCUT2D eigenvalue weighted by Gasteiger charge is 2.14. The SMILES string of the molecule is COc1cccc(/C=N\NC(=O)COc2ccc(C#N)cc2)c1OC(F)F. The number of hydrazone groups is 1. The summed E-state index contributed by atoms with van der Waals surface area (Å²) in [5, 5.41) is 12.4. The fourth-order valence-electron chi connectivity index (χ4n) is 1.99. The molecular formula is C18H15F2N3O4. The Morgan fingerprint density at radius 1 is 1.30 bits per heavy atom. The lowest BCUT2D eigenvalue weighted by Gasteiger charge is -2.12. The molecule has 0 unspecified atom stereocenters. The molecule has 0 heterocycles. The van der Waals surface area contributed by atoms with Gasteiger partial charge < -0.3 is 14.2 Å². The van der Waals surface area contributed by atoms with E-state index in [4.69, 9.17) is 14.7 Å². The molecule has 0 bridgehead atoms. The summed E-state index contributed by atoms with van der Waals surface area (Å²) >= 11 is 0. The van der Waals surface area contributed by atoms with E-state index in [0.29, 0.717) is 11.3 Å². The Kier molecular flexibility index (Phi) is 7.07. The molecule has 0 aliphatic heterocycles. The van der Waals surface area contributed by atoms with Crippen LogP contribution in [0.2, 0.25) is 0 Å². The summed E-state index contributed by atoms with van der Waals surface area (Å²) in [6.45, 7) is -3.36. The average molecular weight is 375 g/mol. The molecule has 1 N–H and O–H groups in total. The highest BCUT2D eigenvalue weighted by Crippen LogP contribution is 2.31. The minimum Gasteiger partial charge on any atom is -0.493 e. The van der Waals surface area contributed by atoms with Crippen molar-refractivity contribution in [2.24, 2.45) is 5.10 Å². The Hall–Kier alpha value is -3.67. The van der Waals surface area contributed by atoms with Crippen molar-refractivity contribution in [1.29, 1.82) is 5.26 Å². The minimum atomic E-state index is -3.04. The number of halogens is 2. The van der Waals surface area contributed by atoms with Gasteiger partial charge >= 0.3 is 6.61 Å². The maximum absolute atomic E-state index is 12.6. The molecule has 2 aromatic carbocycles. The van der Waals surface area contributed by atoms with E-state index >= 15 is 0 Å². The first-order valence-electron chi connectivity index (χ1n) is 7.60. The van der Waals surface area contributed by atoms with Crippen molar-refractivity contribution in [3.63, 3.8) is 0 Å². The van der Waals surface area contributed by atoms with Crippen LogP contribution in [0, 0.1) is 11.3 Å². The van der Waals surface area contributed by atoms with Gasteiger partial charge in [-0.25, -0.2) is 5.43 Å². The molecule has 0 fully saturated rings. The summed E-state index contributed by atoms with van der Waals surface area (Å²) in [7, 11) is 1.32. The predicted octanol–water partition coefficient (Wildman–Crippen LogP) is 2.70. The molecule has 2 aromatic rings. The highest BCUT2D eigenvalue weighted by molar-refractivity contribution is 5.86. The molecule has 0 atom stereocenters. The molecule has 0 aliphatic carbocycles. The van der Waals surface area contributed by atoms with Crippen LogP contribution in [0.1, 0.15) is 11.1 Å². The average Bonchev–Trinajstić information content (AvgIpc) is 2.67. The maximum atomic E-state index is 12.6. The van der Waals surface area contributed by atoms with Crippen LogP contribution >= 0.6 is 0 Å². The lowest BCUT2D eigenvalue weighted by Crippen LogP contribution is -2.24. The van der Waals surface area contributed by atoms with E-state index in [2.05, 4.69) is 15.3 Å². The molecular weight excluding hydrogens is 360 g/mol. The Bertz CT molecular complexity index is 849. The first kappa shape index (κ1) is 19.7. The Morgan fingerprint density at radius 2 is 2.04 bits per heavy atom. The monoisotopic (exact) mass is 375 g/mol. The molecule has 0 aliphatic rings. The molecule has 0 spiro atoms. The van der Waals surface area contributed by atoms with Crippen LogP contribution in [0.3, 0.4) is 0 Å². The number of nitrogens with zero attached hydrogens (tertiary/aromatic N) is 2. The number of nitrogens with one attached hydrogen (secondary N) is 1. The number of nitriles is 1. The van der Waals surface area contributed by atoms with Gasteiger partial charge in [-0.1, -0.05) is 6.07 Å². The van der Waals surface area contributed by atoms with Gasteiger partial charge in [0.1, 0.15) is 5.75 Å². The quantitative estimate of drug-likeness (QED) is 0.566. The summed E-state index contributed by atoms with van der Waals surface area (Å²) in [5.41, 5.74) is 2.88. The third-order valence-electron chi connectivity index (χ3n) is 3.18. The van der Waals surface area contributed by atoms with Crippen molar-refractivity contribution in [1.82, 2.24) is 5.43 Å². The van der Waals surface area contributed by atoms with Gasteiger partial charge in [-0.3, -0.25) is 4.79 Å². The van der Waals surface area contributed by atoms with Crippen LogP contribution in [-0.2, 0) is 4.79 Å². The number of para-hydroxylation sites is 1. The number of benzene rings is 2. The van der Waals surface area contributed by atoms with E-state index in [-0.39, 0.29) is 23.7 Å². The van der Waals surface area contributed by atoms with Crippen molar-refractivity contribution < 1.29 is 27.8 Å². The minimum absolute atomic E-state index is 0.106. The molecule has 0 radical (unpaired) electrons. The number of methoxy groups -OCH3 is 1. The number of carbonyl (C=O) groups is 1. The second-order valence-electron chi connectivity index (χ2n) is 4.98. The van der Waals surface area contributed by atoms with Gasteiger partial charge in [0, 0.05) is 5.56 Å². The Balaban J connectivity index is 1.94. The topological polar surface area (TPSA) is 92.9 Å². The third kappa shape index (κ3) is 5.97. The zero-order valence-corrected chi connectivity index (χ0v) is 14.2. The normalized spacial score (nSPS) is 10.5. The molecule has 0 saturated heterocycles. The molecule has 2 rings (SSSR count). The molecule has 27 heavy (non-hydrogen) atoms. The van der Waals surface area contributed by atoms with Crippen LogP contribution in [0.15, 0.2) is 47.6 Å². The van der Waals surface area contributed by atoms with E-state index in [1.807, 2.05) is 6.07 Å². The van der Waals surface area contributed by atoms with Crippen LogP contribution in [0.25, 0.3) is 0 Å². The second-order valence-corrected chi connectivity index (χ2v) is 4.98. The van der Waals surface area contributed by atoms with Gasteiger partial charge in [-0.2, -0.15) is 19.1 Å². The predicted molar refractivity (Wildman–Crippen MR) is 92.0 cm³/mol. The fourth-order valence-corrected chi connectivity index (χ4v) is 1.99. The van der Waals surface area contributed by atoms with Gasteiger partial charge in [0.25, 0.3) is 5.91 Å². The first-order chi connectivity index (χ1) is 13.0. The fraction of sp³-hybridized carbons (Fsp3) is 0.167. The zero-order valence-electron chi connectivity index (χ0n) is 14.2. The van der Waals surface area contributed by atoms with E-state index in [9.17, 15) is 13.6 Å². The molecule has 140 valence electrons. The number of alkyl halides is 2. The Morgan fingerprint density at radius 3 is 2.67 bits per heavy atom. The largest absolute Gasteiger partial charge is 0.493 e. The molecule has 0 saturated carbocycles. The lowest BCUT2D eigenvalue weighted by molar-refractivity contribution is -0.123. The maximum Gasteiger partial charge on any atom is 0.387 e. The molecule has 0 aromatic heterocycles. The number of ether oxygens (including phenoxy) is 3. The lowest BCUT2D eigenvalue weighted by atomic mass is 10.2. The summed E-state index contributed by atoms with van der Waals surface area (Å²) < 4.78 is 39.8. The van der Waals surface area contributed by atoms with Crippen LogP contribution < -0.4 is 19.6 Å². The number of amides is 1. The van der Waals surface area contributed by atoms with Gasteiger partial charge in [0.05, 0.1) is 25.0 Å². The number of carbonyl (C=O) groups excluding carboxylic acids is 1. The van der Waals surface area contributed by atoms with Gasteiger partial charge in [0.15, 0.2) is 18.1 Å². The standard InChI is InChI=1S/C18H15F2N3O4/c1-25-15-4-2-3-13(17(15)27-18(19)20)10-22-23-16(24)11-26-14-7-5-12(9-21)6-8-14/h2-8,10,18H,11H2,1H3,(H,23,24)/b22-10-. The van der Waals surface area contributed by atoms with Gasteiger partial charge in [-0.15, -0.1) is 0 Å². The molecule has 1 amide bonds. The zero-order chi connectivity index (χ0) is 19.6. The number of rotatable bonds is 8. The van der Waals surface area contributed by atoms with Crippen molar-refractivity contribution in [3.8, 4) is 23.3 Å². The summed E-state index contributed by atoms with van der Waals surface area (Å²) in [6.07, 6.45) is 1.15. The van der Waals surface area contributed by atoms with E-state index in [1.165, 1.54) is 19.2 Å². The number of hydrogen-bond donors (Lipinski definition) is 1. The molecule has 7 nitrogen and oxygen atoms in total. The van der Waals surface area contributed by atoms with E-state index in [1.54, 1.807) is 30.3 Å². The van der Waals surface area contributed by atoms with Crippen molar-refractivity contribution in [3.05, 3.63) is 53.6 Å². The number of hydrogen-bond acceptors (Lipinski definition) is 6. The summed E-state index contributed by atoms with van der Waals surface area (Å²) in [5.74, 6) is -0.236. The van der Waals surface area contributed by atoms with E-state index < -0.39 is 12.5 Å². The van der Waals surface area contributed by atoms with Crippen LogP contribution in [0.4, 0.5) is 8.78 Å². The summed E-state index contributed by atoms with van der Waals surface area (Å²) in [6, 6.07) is 12.7. The smallest absolute Gasteiger partial charge is 0.387 e. The van der Waals surface area contributed by atoms with Crippen molar-refractivity contribution in [2.75, 3.05) is 13.7 Å². The molecule has 9 heteroatoms. The Labute approximate surface area is 153 Å². The first-order valence-corrected chi connectivity index (χ1v) is 7.60. The van der Waals surface area contributed by atoms with Crippen LogP contribution in [-0.4, -0.2) is 32.4 Å². The van der Waals surface area contributed by atoms with Crippen molar-refractivity contribution in [2.45, 2.75) is 6.61 Å². The van der Waals surface area contributed by atoms with Crippen molar-refractivity contribution >= 4 is 12.1 Å². The van der Waals surface area contributed by atoms with E-state index in [0.717, 1.165) is 6.21 Å². The third-order valence-corrected chi connectivity index (χ3v) is 3.18. The van der Waals surface area contributed by atoms with Gasteiger partial charge in [0.2, 0.25) is 0 Å².